The van der Waals surface area contributed by atoms with Crippen molar-refractivity contribution in [3.63, 3.8) is 0 Å². The topological polar surface area (TPSA) is 60.9 Å². The molecule has 2 aliphatic rings. The number of likely N-dealkylation sites (tertiary alicyclic amines) is 1. The average molecular weight is 319 g/mol. The lowest BCUT2D eigenvalue weighted by Crippen LogP contribution is -2.46. The summed E-state index contributed by atoms with van der Waals surface area (Å²) in [4.78, 5) is 27.4. The molecule has 1 saturated heterocycles. The van der Waals surface area contributed by atoms with Gasteiger partial charge in [-0.2, -0.15) is 0 Å². The molecule has 1 atom stereocenters. The number of nitrogens with zero attached hydrogens (tertiary/aromatic N) is 2. The van der Waals surface area contributed by atoms with Crippen LogP contribution >= 0.6 is 12.4 Å². The second-order valence-corrected chi connectivity index (χ2v) is 6.03. The minimum atomic E-state index is -0.737. The maximum absolute atomic E-state index is 12.4. The van der Waals surface area contributed by atoms with E-state index in [0.29, 0.717) is 25.6 Å². The summed E-state index contributed by atoms with van der Waals surface area (Å²) in [6.07, 6.45) is 6.64. The molecular weight excluding hydrogens is 292 g/mol. The zero-order valence-electron chi connectivity index (χ0n) is 12.8. The van der Waals surface area contributed by atoms with Crippen LogP contribution in [0.3, 0.4) is 0 Å². The second-order valence-electron chi connectivity index (χ2n) is 6.03. The van der Waals surface area contributed by atoms with Crippen molar-refractivity contribution in [2.24, 2.45) is 5.92 Å². The van der Waals surface area contributed by atoms with E-state index in [1.54, 1.807) is 0 Å². The van der Waals surface area contributed by atoms with Gasteiger partial charge < -0.3 is 10.0 Å². The molecule has 1 saturated carbocycles. The molecule has 0 aromatic carbocycles. The van der Waals surface area contributed by atoms with Crippen molar-refractivity contribution in [3.8, 4) is 0 Å². The molecule has 1 N–H and O–H groups in total. The number of hydrogen-bond acceptors (Lipinski definition) is 3. The predicted octanol–water partition coefficient (Wildman–Crippen LogP) is 2.00. The first-order chi connectivity index (χ1) is 9.61. The van der Waals surface area contributed by atoms with Crippen molar-refractivity contribution in [2.45, 2.75) is 51.5 Å². The van der Waals surface area contributed by atoms with Crippen LogP contribution in [0.15, 0.2) is 0 Å². The van der Waals surface area contributed by atoms with E-state index in [0.717, 1.165) is 25.9 Å². The van der Waals surface area contributed by atoms with Gasteiger partial charge in [-0.15, -0.1) is 12.4 Å². The molecule has 2 fully saturated rings. The monoisotopic (exact) mass is 318 g/mol. The van der Waals surface area contributed by atoms with Crippen molar-refractivity contribution < 1.29 is 14.7 Å². The zero-order valence-corrected chi connectivity index (χ0v) is 13.6. The highest BCUT2D eigenvalue weighted by atomic mass is 35.5. The van der Waals surface area contributed by atoms with Crippen LogP contribution in [-0.4, -0.2) is 59.0 Å². The van der Waals surface area contributed by atoms with Crippen LogP contribution in [0, 0.1) is 5.92 Å². The van der Waals surface area contributed by atoms with Gasteiger partial charge in [-0.25, -0.2) is 0 Å². The molecule has 1 aliphatic carbocycles. The predicted molar refractivity (Wildman–Crippen MR) is 83.7 cm³/mol. The van der Waals surface area contributed by atoms with Gasteiger partial charge in [-0.1, -0.05) is 19.3 Å². The highest BCUT2D eigenvalue weighted by Crippen LogP contribution is 2.23. The van der Waals surface area contributed by atoms with E-state index in [1.807, 2.05) is 16.7 Å². The van der Waals surface area contributed by atoms with E-state index in [4.69, 9.17) is 5.11 Å². The Kier molecular flexibility index (Phi) is 7.46. The molecule has 6 heteroatoms. The number of hydrogen-bond donors (Lipinski definition) is 1. The number of amides is 1. The van der Waals surface area contributed by atoms with Crippen molar-refractivity contribution in [2.75, 3.05) is 26.2 Å². The van der Waals surface area contributed by atoms with Crippen LogP contribution in [0.2, 0.25) is 0 Å². The molecule has 0 aromatic heterocycles. The minimum absolute atomic E-state index is 0. The van der Waals surface area contributed by atoms with Gasteiger partial charge in [0.2, 0.25) is 5.91 Å². The summed E-state index contributed by atoms with van der Waals surface area (Å²) >= 11 is 0. The number of carboxylic acids is 1. The van der Waals surface area contributed by atoms with E-state index in [2.05, 4.69) is 0 Å². The molecule has 122 valence electrons. The maximum Gasteiger partial charge on any atom is 0.307 e. The number of halogens is 1. The highest BCUT2D eigenvalue weighted by Gasteiger charge is 2.31. The molecule has 1 aliphatic heterocycles. The Labute approximate surface area is 133 Å². The average Bonchev–Trinajstić information content (AvgIpc) is 2.89. The van der Waals surface area contributed by atoms with Crippen LogP contribution in [-0.2, 0) is 9.59 Å². The zero-order chi connectivity index (χ0) is 14.5. The lowest BCUT2D eigenvalue weighted by atomic mass is 9.94. The second kappa shape index (κ2) is 8.59. The fraction of sp³-hybridized carbons (Fsp3) is 0.867. The number of aliphatic carboxylic acids is 1. The van der Waals surface area contributed by atoms with Gasteiger partial charge in [0.25, 0.3) is 0 Å². The SMILES string of the molecule is CCN(C(=O)CN1CCC(C(=O)O)C1)C1CCCCC1.Cl. The van der Waals surface area contributed by atoms with Crippen LogP contribution in [0.5, 0.6) is 0 Å². The molecule has 0 bridgehead atoms. The summed E-state index contributed by atoms with van der Waals surface area (Å²) in [5, 5.41) is 9.00. The largest absolute Gasteiger partial charge is 0.481 e. The van der Waals surface area contributed by atoms with E-state index in [9.17, 15) is 9.59 Å². The van der Waals surface area contributed by atoms with E-state index < -0.39 is 5.97 Å². The smallest absolute Gasteiger partial charge is 0.307 e. The van der Waals surface area contributed by atoms with Crippen molar-refractivity contribution in [3.05, 3.63) is 0 Å². The third-order valence-corrected chi connectivity index (χ3v) is 4.66. The van der Waals surface area contributed by atoms with Gasteiger partial charge in [0.05, 0.1) is 12.5 Å². The summed E-state index contributed by atoms with van der Waals surface area (Å²) in [7, 11) is 0. The standard InChI is InChI=1S/C15H26N2O3.ClH/c1-2-17(13-6-4-3-5-7-13)14(18)11-16-9-8-12(10-16)15(19)20;/h12-13H,2-11H2,1H3,(H,19,20);1H. The third-order valence-electron chi connectivity index (χ3n) is 4.66. The number of rotatable bonds is 5. The van der Waals surface area contributed by atoms with Crippen LogP contribution in [0.4, 0.5) is 0 Å². The fourth-order valence-electron chi connectivity index (χ4n) is 3.49. The van der Waals surface area contributed by atoms with Gasteiger partial charge in [0.1, 0.15) is 0 Å². The minimum Gasteiger partial charge on any atom is -0.481 e. The Morgan fingerprint density at radius 2 is 1.86 bits per heavy atom. The first-order valence-corrected chi connectivity index (χ1v) is 7.86. The lowest BCUT2D eigenvalue weighted by molar-refractivity contribution is -0.142. The Morgan fingerprint density at radius 1 is 1.19 bits per heavy atom. The third kappa shape index (κ3) is 4.85. The first-order valence-electron chi connectivity index (χ1n) is 7.86. The Bertz CT molecular complexity index is 359. The van der Waals surface area contributed by atoms with E-state index in [1.165, 1.54) is 19.3 Å². The first kappa shape index (κ1) is 18.2. The van der Waals surface area contributed by atoms with Gasteiger partial charge in [0.15, 0.2) is 0 Å². The van der Waals surface area contributed by atoms with Crippen LogP contribution < -0.4 is 0 Å². The van der Waals surface area contributed by atoms with Gasteiger partial charge in [-0.05, 0) is 32.7 Å². The fourth-order valence-corrected chi connectivity index (χ4v) is 3.49. The van der Waals surface area contributed by atoms with Crippen molar-refractivity contribution in [1.82, 2.24) is 9.80 Å². The molecular formula is C15H27ClN2O3. The summed E-state index contributed by atoms with van der Waals surface area (Å²) in [6.45, 7) is 4.43. The lowest BCUT2D eigenvalue weighted by Gasteiger charge is -2.34. The summed E-state index contributed by atoms with van der Waals surface area (Å²) in [6, 6.07) is 0.402. The Hall–Kier alpha value is -0.810. The van der Waals surface area contributed by atoms with Crippen LogP contribution in [0.1, 0.15) is 45.4 Å². The number of carbonyl (C=O) groups excluding carboxylic acids is 1. The normalized spacial score (nSPS) is 23.6. The molecule has 0 spiro atoms. The van der Waals surface area contributed by atoms with Crippen LogP contribution in [0.25, 0.3) is 0 Å². The Balaban J connectivity index is 0.00000220. The molecule has 2 rings (SSSR count). The van der Waals surface area contributed by atoms with Gasteiger partial charge in [0, 0.05) is 19.1 Å². The van der Waals surface area contributed by atoms with E-state index in [-0.39, 0.29) is 24.2 Å². The molecule has 1 heterocycles. The molecule has 21 heavy (non-hydrogen) atoms. The summed E-state index contributed by atoms with van der Waals surface area (Å²) < 4.78 is 0. The Morgan fingerprint density at radius 3 is 2.38 bits per heavy atom. The highest BCUT2D eigenvalue weighted by molar-refractivity contribution is 5.85. The number of likely N-dealkylation sites (N-methyl/N-ethyl adjacent to an activating group) is 1. The molecule has 1 amide bonds. The molecule has 0 aromatic rings. The van der Waals surface area contributed by atoms with Crippen molar-refractivity contribution in [1.29, 1.82) is 0 Å². The number of carbonyl (C=O) groups is 2. The maximum atomic E-state index is 12.4. The quantitative estimate of drug-likeness (QED) is 0.842. The molecule has 0 radical (unpaired) electrons. The van der Waals surface area contributed by atoms with E-state index >= 15 is 0 Å². The summed E-state index contributed by atoms with van der Waals surface area (Å²) in [5.41, 5.74) is 0. The summed E-state index contributed by atoms with van der Waals surface area (Å²) in [5.74, 6) is -0.863. The van der Waals surface area contributed by atoms with Gasteiger partial charge in [-0.3, -0.25) is 14.5 Å². The van der Waals surface area contributed by atoms with Crippen molar-refractivity contribution >= 4 is 24.3 Å². The van der Waals surface area contributed by atoms with Gasteiger partial charge >= 0.3 is 5.97 Å². The number of carboxylic acid groups (broad SMARTS) is 1. The molecule has 1 unspecified atom stereocenters. The molecule has 5 nitrogen and oxygen atoms in total.